The van der Waals surface area contributed by atoms with Crippen LogP contribution in [-0.4, -0.2) is 46.0 Å². The highest BCUT2D eigenvalue weighted by atomic mass is 31.2. The van der Waals surface area contributed by atoms with E-state index in [1.165, 1.54) is 13.2 Å². The lowest BCUT2D eigenvalue weighted by Gasteiger charge is -2.49. The average molecular weight is 372 g/mol. The number of benzene rings is 1. The maximum atomic E-state index is 12.2. The molecule has 0 aromatic heterocycles. The number of phenols is 2. The highest BCUT2D eigenvalue weighted by Gasteiger charge is 2.52. The number of quaternary nitrogens is 1. The van der Waals surface area contributed by atoms with Gasteiger partial charge in [0.1, 0.15) is 19.1 Å². The number of likely N-dealkylation sites (tertiary alicyclic amines) is 1. The molecule has 1 unspecified atom stereocenters. The molecular weight excluding hydrogens is 345 g/mol. The van der Waals surface area contributed by atoms with E-state index in [1.54, 1.807) is 0 Å². The Kier molecular flexibility index (Phi) is 5.15. The molecule has 1 heterocycles. The first-order valence-electron chi connectivity index (χ1n) is 8.81. The second-order valence-corrected chi connectivity index (χ2v) is 8.55. The lowest BCUT2D eigenvalue weighted by Crippen LogP contribution is -2.62. The van der Waals surface area contributed by atoms with Crippen LogP contribution < -0.4 is 0 Å². The summed E-state index contributed by atoms with van der Waals surface area (Å²) in [7, 11) is -2.94. The molecule has 140 valence electrons. The van der Waals surface area contributed by atoms with Crippen molar-refractivity contribution < 1.29 is 33.5 Å². The standard InChI is InChI=1S/C17H26NO6P/c1-3-8-18(24-25(21,22)23-2)9-4-5-13-10-14-12(11-15(13)18)6-7-16(19)17(14)20/h6-7,13,15H,3-5,8-11H2,1-2H3,(H2-,19,20,21,22)/p+1/t13-,15-,18+/m1/s1. The number of phosphoric acid groups is 1. The second kappa shape index (κ2) is 6.89. The number of phosphoric ester groups is 1. The highest BCUT2D eigenvalue weighted by Crippen LogP contribution is 2.51. The van der Waals surface area contributed by atoms with Crippen molar-refractivity contribution in [2.45, 2.75) is 45.1 Å². The number of hydrogen-bond donors (Lipinski definition) is 3. The third-order valence-electron chi connectivity index (χ3n) is 5.61. The molecule has 1 fully saturated rings. The molecular formula is C17H27NO6P+. The summed E-state index contributed by atoms with van der Waals surface area (Å²) in [5.41, 5.74) is 1.75. The fourth-order valence-corrected chi connectivity index (χ4v) is 5.31. The topological polar surface area (TPSA) is 96.2 Å². The number of hydrogen-bond acceptors (Lipinski definition) is 5. The average Bonchev–Trinajstić information content (AvgIpc) is 2.58. The van der Waals surface area contributed by atoms with Gasteiger partial charge in [0.05, 0.1) is 0 Å². The molecule has 4 atom stereocenters. The first-order valence-corrected chi connectivity index (χ1v) is 10.3. The van der Waals surface area contributed by atoms with Crippen molar-refractivity contribution in [2.75, 3.05) is 20.2 Å². The number of fused-ring (bicyclic) bond motifs is 2. The van der Waals surface area contributed by atoms with Crippen LogP contribution in [0.1, 0.15) is 37.3 Å². The summed E-state index contributed by atoms with van der Waals surface area (Å²) in [6, 6.07) is 3.35. The van der Waals surface area contributed by atoms with Crippen molar-refractivity contribution in [3.63, 3.8) is 0 Å². The molecule has 8 heteroatoms. The minimum atomic E-state index is -4.12. The van der Waals surface area contributed by atoms with Crippen LogP contribution in [-0.2, 0) is 26.6 Å². The van der Waals surface area contributed by atoms with Gasteiger partial charge in [-0.3, -0.25) is 9.42 Å². The second-order valence-electron chi connectivity index (χ2n) is 7.08. The van der Waals surface area contributed by atoms with Crippen molar-refractivity contribution in [1.29, 1.82) is 0 Å². The Labute approximate surface area is 148 Å². The molecule has 0 radical (unpaired) electrons. The molecule has 0 spiro atoms. The third-order valence-corrected chi connectivity index (χ3v) is 6.61. The molecule has 0 bridgehead atoms. The third kappa shape index (κ3) is 3.44. The fourth-order valence-electron chi connectivity index (χ4n) is 4.54. The minimum absolute atomic E-state index is 0.0285. The van der Waals surface area contributed by atoms with Gasteiger partial charge in [0.25, 0.3) is 0 Å². The molecule has 1 aliphatic heterocycles. The van der Waals surface area contributed by atoms with E-state index in [0.29, 0.717) is 25.9 Å². The number of rotatable bonds is 5. The Morgan fingerprint density at radius 3 is 2.76 bits per heavy atom. The van der Waals surface area contributed by atoms with E-state index in [2.05, 4.69) is 0 Å². The van der Waals surface area contributed by atoms with Crippen LogP contribution in [0.3, 0.4) is 0 Å². The summed E-state index contributed by atoms with van der Waals surface area (Å²) >= 11 is 0. The Hall–Kier alpha value is -1.11. The maximum Gasteiger partial charge on any atom is 0.518 e. The summed E-state index contributed by atoms with van der Waals surface area (Å²) in [6.07, 6.45) is 3.93. The number of piperidine rings is 1. The van der Waals surface area contributed by atoms with E-state index in [1.807, 2.05) is 13.0 Å². The zero-order valence-corrected chi connectivity index (χ0v) is 15.6. The number of phenolic OH excluding ortho intramolecular Hbond substituents is 2. The highest BCUT2D eigenvalue weighted by molar-refractivity contribution is 7.47. The normalized spacial score (nSPS) is 31.0. The quantitative estimate of drug-likeness (QED) is 0.418. The van der Waals surface area contributed by atoms with Gasteiger partial charge in [0.2, 0.25) is 0 Å². The number of aromatic hydroxyl groups is 2. The van der Waals surface area contributed by atoms with Gasteiger partial charge in [0.15, 0.2) is 11.5 Å². The molecule has 1 aromatic carbocycles. The largest absolute Gasteiger partial charge is 0.518 e. The maximum absolute atomic E-state index is 12.2. The molecule has 2 aliphatic rings. The Morgan fingerprint density at radius 2 is 2.08 bits per heavy atom. The van der Waals surface area contributed by atoms with Gasteiger partial charge in [0, 0.05) is 25.0 Å². The van der Waals surface area contributed by atoms with Crippen LogP contribution in [0.4, 0.5) is 0 Å². The van der Waals surface area contributed by atoms with Crippen LogP contribution in [0.15, 0.2) is 12.1 Å². The monoisotopic (exact) mass is 372 g/mol. The number of nitrogens with zero attached hydrogens (tertiary/aromatic N) is 1. The molecule has 1 saturated heterocycles. The van der Waals surface area contributed by atoms with E-state index in [9.17, 15) is 19.7 Å². The SMILES string of the molecule is CCC[N@+]1(OP(=O)(O)OC)CCC[C@@H]2Cc3c(ccc(O)c3O)C[C@H]21. The van der Waals surface area contributed by atoms with Gasteiger partial charge < -0.3 is 10.2 Å². The fraction of sp³-hybridized carbons (Fsp3) is 0.647. The predicted molar refractivity (Wildman–Crippen MR) is 91.9 cm³/mol. The van der Waals surface area contributed by atoms with Crippen molar-refractivity contribution in [3.05, 3.63) is 23.3 Å². The molecule has 0 amide bonds. The van der Waals surface area contributed by atoms with Crippen LogP contribution in [0, 0.1) is 5.92 Å². The van der Waals surface area contributed by atoms with Crippen LogP contribution in [0.25, 0.3) is 0 Å². The van der Waals surface area contributed by atoms with Gasteiger partial charge in [-0.1, -0.05) is 17.6 Å². The molecule has 7 nitrogen and oxygen atoms in total. The van der Waals surface area contributed by atoms with E-state index in [-0.39, 0.29) is 28.1 Å². The van der Waals surface area contributed by atoms with Crippen LogP contribution in [0.5, 0.6) is 11.5 Å². The first kappa shape index (κ1) is 18.7. The van der Waals surface area contributed by atoms with E-state index >= 15 is 0 Å². The number of hydroxylamine groups is 3. The van der Waals surface area contributed by atoms with Crippen molar-refractivity contribution in [1.82, 2.24) is 0 Å². The zero-order chi connectivity index (χ0) is 18.2. The predicted octanol–water partition coefficient (Wildman–Crippen LogP) is 2.88. The molecule has 1 aliphatic carbocycles. The molecule has 3 rings (SSSR count). The lowest BCUT2D eigenvalue weighted by atomic mass is 9.74. The van der Waals surface area contributed by atoms with Crippen LogP contribution >= 0.6 is 7.82 Å². The molecule has 1 aromatic rings. The summed E-state index contributed by atoms with van der Waals surface area (Å²) in [4.78, 5) is 9.96. The summed E-state index contributed by atoms with van der Waals surface area (Å²) in [6.45, 7) is 3.33. The van der Waals surface area contributed by atoms with Gasteiger partial charge in [-0.05, 0) is 37.3 Å². The Bertz CT molecular complexity index is 692. The van der Waals surface area contributed by atoms with Crippen LogP contribution in [0.2, 0.25) is 0 Å². The summed E-state index contributed by atoms with van der Waals surface area (Å²) in [5, 5.41) is 20.0. The molecule has 25 heavy (non-hydrogen) atoms. The van der Waals surface area contributed by atoms with Crippen molar-refractivity contribution in [3.8, 4) is 11.5 Å². The van der Waals surface area contributed by atoms with Crippen molar-refractivity contribution in [2.24, 2.45) is 5.92 Å². The molecule has 3 N–H and O–H groups in total. The van der Waals surface area contributed by atoms with Crippen molar-refractivity contribution >= 4 is 7.82 Å². The van der Waals surface area contributed by atoms with E-state index < -0.39 is 7.82 Å². The Balaban J connectivity index is 1.99. The smallest absolute Gasteiger partial charge is 0.504 e. The zero-order valence-electron chi connectivity index (χ0n) is 14.7. The lowest BCUT2D eigenvalue weighted by molar-refractivity contribution is -1.11. The van der Waals surface area contributed by atoms with E-state index in [4.69, 9.17) is 9.15 Å². The summed E-state index contributed by atoms with van der Waals surface area (Å²) in [5.74, 6) is 0.0796. The van der Waals surface area contributed by atoms with Gasteiger partial charge in [-0.15, -0.1) is 0 Å². The summed E-state index contributed by atoms with van der Waals surface area (Å²) < 4.78 is 22.7. The molecule has 0 saturated carbocycles. The van der Waals surface area contributed by atoms with E-state index in [0.717, 1.165) is 30.4 Å². The van der Waals surface area contributed by atoms with Gasteiger partial charge >= 0.3 is 7.82 Å². The van der Waals surface area contributed by atoms with Gasteiger partial charge in [-0.25, -0.2) is 4.57 Å². The van der Waals surface area contributed by atoms with Gasteiger partial charge in [-0.2, -0.15) is 4.65 Å². The first-order chi connectivity index (χ1) is 11.8. The Morgan fingerprint density at radius 1 is 1.32 bits per heavy atom. The minimum Gasteiger partial charge on any atom is -0.504 e.